The van der Waals surface area contributed by atoms with E-state index in [1.165, 1.54) is 11.1 Å². The number of tetrazole rings is 1. The largest absolute Gasteiger partial charge is 0.356 e. The van der Waals surface area contributed by atoms with Gasteiger partial charge in [0.2, 0.25) is 0 Å². The van der Waals surface area contributed by atoms with Crippen molar-refractivity contribution < 1.29 is 9.13 Å². The van der Waals surface area contributed by atoms with Crippen molar-refractivity contribution in [3.8, 4) is 0 Å². The smallest absolute Gasteiger partial charge is 0.162 e. The van der Waals surface area contributed by atoms with E-state index in [2.05, 4.69) is 36.4 Å². The van der Waals surface area contributed by atoms with Crippen molar-refractivity contribution in [2.75, 3.05) is 6.61 Å². The average molecular weight is 430 g/mol. The van der Waals surface area contributed by atoms with Crippen molar-refractivity contribution in [2.45, 2.75) is 38.5 Å². The number of halogens is 3. The van der Waals surface area contributed by atoms with Gasteiger partial charge in [0.25, 0.3) is 0 Å². The van der Waals surface area contributed by atoms with Crippen molar-refractivity contribution in [1.82, 2.24) is 30.0 Å². The van der Waals surface area contributed by atoms with Crippen LogP contribution in [0, 0.1) is 5.82 Å². The zero-order valence-corrected chi connectivity index (χ0v) is 15.7. The highest BCUT2D eigenvalue weighted by Crippen LogP contribution is 2.41. The summed E-state index contributed by atoms with van der Waals surface area (Å²) in [4.78, 5) is 1.35. The molecule has 3 aromatic rings. The highest BCUT2D eigenvalue weighted by molar-refractivity contribution is 9.10. The zero-order chi connectivity index (χ0) is 17.6. The van der Waals surface area contributed by atoms with Crippen LogP contribution in [-0.2, 0) is 4.74 Å². The Hall–Kier alpha value is -1.58. The summed E-state index contributed by atoms with van der Waals surface area (Å²) in [7, 11) is 0. The summed E-state index contributed by atoms with van der Waals surface area (Å²) < 4.78 is 23.2. The molecular weight excluding hydrogens is 415 g/mol. The monoisotopic (exact) mass is 428 g/mol. The molecule has 1 fully saturated rings. The van der Waals surface area contributed by atoms with Crippen LogP contribution in [-0.4, -0.2) is 36.6 Å². The highest BCUT2D eigenvalue weighted by Gasteiger charge is 2.29. The molecule has 4 rings (SSSR count). The van der Waals surface area contributed by atoms with E-state index in [4.69, 9.17) is 16.3 Å². The van der Waals surface area contributed by atoms with Gasteiger partial charge in [0.1, 0.15) is 6.04 Å². The molecule has 1 aromatic carbocycles. The van der Waals surface area contributed by atoms with E-state index in [0.29, 0.717) is 22.2 Å². The third-order valence-corrected chi connectivity index (χ3v) is 5.87. The Morgan fingerprint density at radius 1 is 1.40 bits per heavy atom. The Morgan fingerprint density at radius 3 is 2.92 bits per heavy atom. The van der Waals surface area contributed by atoms with Crippen LogP contribution < -0.4 is 0 Å². The van der Waals surface area contributed by atoms with Gasteiger partial charge in [-0.25, -0.2) is 9.07 Å². The van der Waals surface area contributed by atoms with Crippen LogP contribution >= 0.6 is 27.5 Å². The fraction of sp³-hybridized carbons (Fsp3) is 0.467. The summed E-state index contributed by atoms with van der Waals surface area (Å²) >= 11 is 9.59. The fourth-order valence-corrected chi connectivity index (χ4v) is 3.88. The molecule has 3 heterocycles. The molecule has 0 spiro atoms. The van der Waals surface area contributed by atoms with Crippen LogP contribution in [0.2, 0.25) is 5.02 Å². The van der Waals surface area contributed by atoms with E-state index in [0.717, 1.165) is 24.6 Å². The van der Waals surface area contributed by atoms with Crippen LogP contribution in [0.25, 0.3) is 10.9 Å². The quantitative estimate of drug-likeness (QED) is 0.591. The Morgan fingerprint density at radius 2 is 2.24 bits per heavy atom. The van der Waals surface area contributed by atoms with Gasteiger partial charge in [-0.3, -0.25) is 0 Å². The lowest BCUT2D eigenvalue weighted by atomic mass is 10.0. The SMILES string of the molecule is CC(c1c(F)c(Cl)c(Br)c2cnn(C3CCCCO3)c12)n1ncnn1. The third-order valence-electron chi connectivity index (χ3n) is 4.47. The Balaban J connectivity index is 1.97. The topological polar surface area (TPSA) is 70.7 Å². The summed E-state index contributed by atoms with van der Waals surface area (Å²) in [5.74, 6) is -0.525. The molecule has 0 aliphatic carbocycles. The van der Waals surface area contributed by atoms with Gasteiger partial charge >= 0.3 is 0 Å². The van der Waals surface area contributed by atoms with Crippen molar-refractivity contribution >= 4 is 38.4 Å². The maximum Gasteiger partial charge on any atom is 0.162 e. The number of fused-ring (bicyclic) bond motifs is 1. The van der Waals surface area contributed by atoms with E-state index in [1.54, 1.807) is 17.8 Å². The first kappa shape index (κ1) is 16.9. The lowest BCUT2D eigenvalue weighted by Crippen LogP contribution is -2.21. The second kappa shape index (κ2) is 6.62. The molecule has 25 heavy (non-hydrogen) atoms. The summed E-state index contributed by atoms with van der Waals surface area (Å²) in [6.07, 6.45) is 5.65. The van der Waals surface area contributed by atoms with E-state index < -0.39 is 11.9 Å². The van der Waals surface area contributed by atoms with Crippen LogP contribution in [0.3, 0.4) is 0 Å². The first-order valence-corrected chi connectivity index (χ1v) is 9.14. The molecule has 132 valence electrons. The summed E-state index contributed by atoms with van der Waals surface area (Å²) in [6, 6.07) is -0.505. The summed E-state index contributed by atoms with van der Waals surface area (Å²) in [6.45, 7) is 2.46. The van der Waals surface area contributed by atoms with Gasteiger partial charge < -0.3 is 4.74 Å². The van der Waals surface area contributed by atoms with Crippen LogP contribution in [0.5, 0.6) is 0 Å². The molecule has 0 saturated carbocycles. The van der Waals surface area contributed by atoms with Gasteiger partial charge in [-0.15, -0.1) is 10.2 Å². The molecule has 2 unspecified atom stereocenters. The van der Waals surface area contributed by atoms with E-state index in [1.807, 2.05) is 0 Å². The molecule has 2 aromatic heterocycles. The zero-order valence-electron chi connectivity index (χ0n) is 13.4. The highest BCUT2D eigenvalue weighted by atomic mass is 79.9. The van der Waals surface area contributed by atoms with E-state index in [9.17, 15) is 0 Å². The minimum absolute atomic E-state index is 0.0126. The number of nitrogens with zero attached hydrogens (tertiary/aromatic N) is 6. The predicted octanol–water partition coefficient (Wildman–Crippen LogP) is 3.89. The molecule has 0 N–H and O–H groups in total. The van der Waals surface area contributed by atoms with Crippen LogP contribution in [0.15, 0.2) is 17.0 Å². The van der Waals surface area contributed by atoms with Gasteiger partial charge in [0.15, 0.2) is 18.4 Å². The lowest BCUT2D eigenvalue weighted by Gasteiger charge is -2.25. The lowest BCUT2D eigenvalue weighted by molar-refractivity contribution is -0.0368. The molecule has 7 nitrogen and oxygen atoms in total. The Kier molecular flexibility index (Phi) is 4.47. The van der Waals surface area contributed by atoms with Crippen molar-refractivity contribution in [2.24, 2.45) is 0 Å². The second-order valence-corrected chi connectivity index (χ2v) is 7.13. The predicted molar refractivity (Wildman–Crippen MR) is 92.9 cm³/mol. The standard InChI is InChI=1S/C15H15BrClFN6O/c1-8(24-21-7-19-22-24)11-14(18)13(17)12(16)9-6-20-23(15(9)11)10-4-2-3-5-25-10/h6-8,10H,2-5H2,1H3. The Labute approximate surface area is 156 Å². The number of benzene rings is 1. The minimum Gasteiger partial charge on any atom is -0.356 e. The van der Waals surface area contributed by atoms with E-state index >= 15 is 4.39 Å². The first-order valence-electron chi connectivity index (χ1n) is 7.97. The summed E-state index contributed by atoms with van der Waals surface area (Å²) in [5.41, 5.74) is 0.998. The van der Waals surface area contributed by atoms with E-state index in [-0.39, 0.29) is 11.3 Å². The van der Waals surface area contributed by atoms with Crippen molar-refractivity contribution in [3.63, 3.8) is 0 Å². The molecule has 0 amide bonds. The molecule has 1 aliphatic rings. The second-order valence-electron chi connectivity index (χ2n) is 5.96. The Bertz CT molecular complexity index is 909. The van der Waals surface area contributed by atoms with Crippen molar-refractivity contribution in [3.05, 3.63) is 33.4 Å². The van der Waals surface area contributed by atoms with Gasteiger partial charge in [-0.1, -0.05) is 11.6 Å². The van der Waals surface area contributed by atoms with Gasteiger partial charge in [0.05, 0.1) is 21.2 Å². The minimum atomic E-state index is -0.525. The average Bonchev–Trinajstić information content (AvgIpc) is 3.30. The number of rotatable bonds is 3. The number of hydrogen-bond acceptors (Lipinski definition) is 5. The normalized spacial score (nSPS) is 19.4. The molecule has 0 bridgehead atoms. The first-order chi connectivity index (χ1) is 12.1. The van der Waals surface area contributed by atoms with Crippen LogP contribution in [0.4, 0.5) is 4.39 Å². The fourth-order valence-electron chi connectivity index (χ4n) is 3.21. The van der Waals surface area contributed by atoms with Crippen molar-refractivity contribution in [1.29, 1.82) is 0 Å². The molecule has 1 aliphatic heterocycles. The number of hydrogen-bond donors (Lipinski definition) is 0. The van der Waals surface area contributed by atoms with Gasteiger partial charge in [-0.05, 0) is 47.3 Å². The molecular formula is C15H15BrClFN6O. The van der Waals surface area contributed by atoms with Gasteiger partial charge in [-0.2, -0.15) is 9.90 Å². The molecule has 0 radical (unpaired) electrons. The maximum absolute atomic E-state index is 15.1. The molecule has 1 saturated heterocycles. The third kappa shape index (κ3) is 2.74. The molecule has 10 heteroatoms. The van der Waals surface area contributed by atoms with Gasteiger partial charge in [0, 0.05) is 17.6 Å². The summed E-state index contributed by atoms with van der Waals surface area (Å²) in [5, 5.41) is 16.8. The number of ether oxygens (including phenoxy) is 1. The maximum atomic E-state index is 15.1. The number of aromatic nitrogens is 6. The molecule has 2 atom stereocenters. The van der Waals surface area contributed by atoms with Crippen LogP contribution in [0.1, 0.15) is 44.0 Å².